The van der Waals surface area contributed by atoms with Crippen LogP contribution in [0.2, 0.25) is 0 Å². The SMILES string of the molecule is O.c1ccc2occc2c1.c1ccc2occc2c1. The van der Waals surface area contributed by atoms with Crippen molar-refractivity contribution in [3.63, 3.8) is 0 Å². The van der Waals surface area contributed by atoms with E-state index in [1.54, 1.807) is 12.5 Å². The van der Waals surface area contributed by atoms with E-state index in [2.05, 4.69) is 0 Å². The zero-order chi connectivity index (χ0) is 12.2. The van der Waals surface area contributed by atoms with Gasteiger partial charge in [0.25, 0.3) is 0 Å². The predicted octanol–water partition coefficient (Wildman–Crippen LogP) is 4.04. The smallest absolute Gasteiger partial charge is 0.133 e. The highest BCUT2D eigenvalue weighted by atomic mass is 16.3. The standard InChI is InChI=1S/2C8H6O.H2O/c2*1-2-4-8-7(3-1)5-6-9-8;/h2*1-6H;1H2. The first-order valence-corrected chi connectivity index (χ1v) is 5.78. The molecule has 0 unspecified atom stereocenters. The molecule has 0 aliphatic rings. The second kappa shape index (κ2) is 5.89. The van der Waals surface area contributed by atoms with Crippen LogP contribution < -0.4 is 0 Å². The largest absolute Gasteiger partial charge is 0.464 e. The molecule has 4 rings (SSSR count). The minimum atomic E-state index is 0. The first-order valence-electron chi connectivity index (χ1n) is 5.78. The number of rotatable bonds is 0. The molecule has 0 atom stereocenters. The molecule has 0 saturated heterocycles. The van der Waals surface area contributed by atoms with E-state index in [9.17, 15) is 0 Å². The van der Waals surface area contributed by atoms with Crippen molar-refractivity contribution in [1.29, 1.82) is 0 Å². The Bertz CT molecular complexity index is 626. The van der Waals surface area contributed by atoms with E-state index in [0.717, 1.165) is 21.9 Å². The lowest BCUT2D eigenvalue weighted by Crippen LogP contribution is -1.57. The fraction of sp³-hybridized carbons (Fsp3) is 0. The van der Waals surface area contributed by atoms with Gasteiger partial charge in [-0.15, -0.1) is 0 Å². The van der Waals surface area contributed by atoms with Crippen LogP contribution in [-0.2, 0) is 0 Å². The Balaban J connectivity index is 0.000000133. The van der Waals surface area contributed by atoms with Gasteiger partial charge in [0.05, 0.1) is 12.5 Å². The first-order chi connectivity index (χ1) is 8.93. The lowest BCUT2D eigenvalue weighted by Gasteiger charge is -1.81. The average Bonchev–Trinajstić information content (AvgIpc) is 3.08. The fourth-order valence-corrected chi connectivity index (χ4v) is 1.81. The summed E-state index contributed by atoms with van der Waals surface area (Å²) in [5, 5.41) is 2.33. The molecule has 0 fully saturated rings. The van der Waals surface area contributed by atoms with Crippen molar-refractivity contribution in [2.45, 2.75) is 0 Å². The van der Waals surface area contributed by atoms with Crippen LogP contribution in [0.3, 0.4) is 0 Å². The molecule has 0 amide bonds. The molecule has 0 bridgehead atoms. The van der Waals surface area contributed by atoms with E-state index in [-0.39, 0.29) is 5.48 Å². The maximum Gasteiger partial charge on any atom is 0.133 e. The van der Waals surface area contributed by atoms with Gasteiger partial charge in [-0.2, -0.15) is 0 Å². The van der Waals surface area contributed by atoms with Gasteiger partial charge in [-0.05, 0) is 24.3 Å². The Morgan fingerprint density at radius 3 is 1.37 bits per heavy atom. The summed E-state index contributed by atoms with van der Waals surface area (Å²) in [6, 6.07) is 19.8. The summed E-state index contributed by atoms with van der Waals surface area (Å²) >= 11 is 0. The van der Waals surface area contributed by atoms with Crippen molar-refractivity contribution < 1.29 is 14.3 Å². The zero-order valence-corrected chi connectivity index (χ0v) is 10.2. The van der Waals surface area contributed by atoms with Gasteiger partial charge in [-0.25, -0.2) is 0 Å². The Morgan fingerprint density at radius 2 is 0.947 bits per heavy atom. The minimum Gasteiger partial charge on any atom is -0.464 e. The quantitative estimate of drug-likeness (QED) is 0.475. The third-order valence-electron chi connectivity index (χ3n) is 2.72. The lowest BCUT2D eigenvalue weighted by atomic mass is 10.3. The summed E-state index contributed by atoms with van der Waals surface area (Å²) in [5.41, 5.74) is 1.91. The number of benzene rings is 2. The average molecular weight is 254 g/mol. The van der Waals surface area contributed by atoms with Crippen LogP contribution in [0, 0.1) is 0 Å². The van der Waals surface area contributed by atoms with Gasteiger partial charge in [-0.3, -0.25) is 0 Å². The van der Waals surface area contributed by atoms with Gasteiger partial charge in [-0.1, -0.05) is 36.4 Å². The van der Waals surface area contributed by atoms with E-state index >= 15 is 0 Å². The maximum absolute atomic E-state index is 5.12. The summed E-state index contributed by atoms with van der Waals surface area (Å²) in [6.07, 6.45) is 3.40. The van der Waals surface area contributed by atoms with Crippen molar-refractivity contribution in [2.75, 3.05) is 0 Å². The summed E-state index contributed by atoms with van der Waals surface area (Å²) < 4.78 is 10.2. The summed E-state index contributed by atoms with van der Waals surface area (Å²) in [4.78, 5) is 0. The summed E-state index contributed by atoms with van der Waals surface area (Å²) in [6.45, 7) is 0. The number of hydrogen-bond donors (Lipinski definition) is 0. The van der Waals surface area contributed by atoms with Crippen LogP contribution in [0.1, 0.15) is 0 Å². The molecule has 0 aliphatic heterocycles. The molecule has 3 nitrogen and oxygen atoms in total. The normalized spacial score (nSPS) is 9.68. The molecule has 2 aromatic carbocycles. The lowest BCUT2D eigenvalue weighted by molar-refractivity contribution is 0.615. The second-order valence-electron chi connectivity index (χ2n) is 3.92. The van der Waals surface area contributed by atoms with Gasteiger partial charge in [0.2, 0.25) is 0 Å². The number of hydrogen-bond acceptors (Lipinski definition) is 2. The molecule has 2 N–H and O–H groups in total. The first kappa shape index (κ1) is 12.9. The van der Waals surface area contributed by atoms with Crippen LogP contribution in [0.4, 0.5) is 0 Å². The van der Waals surface area contributed by atoms with E-state index in [1.165, 1.54) is 0 Å². The van der Waals surface area contributed by atoms with Gasteiger partial charge < -0.3 is 14.3 Å². The van der Waals surface area contributed by atoms with Crippen LogP contribution in [0.5, 0.6) is 0 Å². The Labute approximate surface area is 110 Å². The molecule has 19 heavy (non-hydrogen) atoms. The van der Waals surface area contributed by atoms with Gasteiger partial charge >= 0.3 is 0 Å². The minimum absolute atomic E-state index is 0. The molecule has 0 spiro atoms. The summed E-state index contributed by atoms with van der Waals surface area (Å²) in [7, 11) is 0. The van der Waals surface area contributed by atoms with E-state index < -0.39 is 0 Å². The molecular formula is C16H14O3. The number of fused-ring (bicyclic) bond motifs is 2. The Morgan fingerprint density at radius 1 is 0.526 bits per heavy atom. The van der Waals surface area contributed by atoms with Crippen molar-refractivity contribution in [3.8, 4) is 0 Å². The Kier molecular flexibility index (Phi) is 4.00. The van der Waals surface area contributed by atoms with E-state index in [1.807, 2.05) is 60.7 Å². The molecule has 0 saturated carbocycles. The van der Waals surface area contributed by atoms with E-state index in [4.69, 9.17) is 8.83 Å². The molecular weight excluding hydrogens is 240 g/mol. The molecule has 4 aromatic rings. The zero-order valence-electron chi connectivity index (χ0n) is 10.2. The maximum atomic E-state index is 5.12. The predicted molar refractivity (Wildman–Crippen MR) is 76.0 cm³/mol. The summed E-state index contributed by atoms with van der Waals surface area (Å²) in [5.74, 6) is 0. The van der Waals surface area contributed by atoms with Crippen LogP contribution in [0.15, 0.2) is 82.0 Å². The van der Waals surface area contributed by atoms with Gasteiger partial charge in [0, 0.05) is 10.8 Å². The van der Waals surface area contributed by atoms with Crippen LogP contribution >= 0.6 is 0 Å². The highest BCUT2D eigenvalue weighted by Gasteiger charge is 1.90. The van der Waals surface area contributed by atoms with Gasteiger partial charge in [0.1, 0.15) is 11.2 Å². The monoisotopic (exact) mass is 254 g/mol. The van der Waals surface area contributed by atoms with Gasteiger partial charge in [0.15, 0.2) is 0 Å². The highest BCUT2D eigenvalue weighted by molar-refractivity contribution is 5.77. The molecule has 2 aromatic heterocycles. The third kappa shape index (κ3) is 2.84. The molecule has 2 heterocycles. The fourth-order valence-electron chi connectivity index (χ4n) is 1.81. The number of furan rings is 2. The molecule has 0 aliphatic carbocycles. The Hall–Kier alpha value is -2.52. The van der Waals surface area contributed by atoms with Crippen molar-refractivity contribution in [1.82, 2.24) is 0 Å². The molecule has 96 valence electrons. The van der Waals surface area contributed by atoms with Crippen molar-refractivity contribution in [3.05, 3.63) is 73.2 Å². The second-order valence-corrected chi connectivity index (χ2v) is 3.92. The van der Waals surface area contributed by atoms with Crippen molar-refractivity contribution in [2.24, 2.45) is 0 Å². The van der Waals surface area contributed by atoms with E-state index in [0.29, 0.717) is 0 Å². The van der Waals surface area contributed by atoms with Crippen LogP contribution in [-0.4, -0.2) is 5.48 Å². The van der Waals surface area contributed by atoms with Crippen LogP contribution in [0.25, 0.3) is 21.9 Å². The topological polar surface area (TPSA) is 57.8 Å². The highest BCUT2D eigenvalue weighted by Crippen LogP contribution is 2.13. The molecule has 3 heteroatoms. The number of para-hydroxylation sites is 2. The third-order valence-corrected chi connectivity index (χ3v) is 2.72. The molecule has 0 radical (unpaired) electrons. The van der Waals surface area contributed by atoms with Crippen molar-refractivity contribution >= 4 is 21.9 Å².